The Morgan fingerprint density at radius 2 is 2.55 bits per heavy atom. The van der Waals surface area contributed by atoms with Gasteiger partial charge >= 0.3 is 5.97 Å². The van der Waals surface area contributed by atoms with Gasteiger partial charge in [0.1, 0.15) is 6.04 Å². The van der Waals surface area contributed by atoms with Gasteiger partial charge in [0.25, 0.3) is 0 Å². The predicted octanol–water partition coefficient (Wildman–Crippen LogP) is 1.72. The van der Waals surface area contributed by atoms with E-state index >= 15 is 0 Å². The molecule has 0 aliphatic rings. The number of carboxylic acid groups (broad SMARTS) is 1. The van der Waals surface area contributed by atoms with Crippen molar-refractivity contribution < 1.29 is 9.90 Å². The molecule has 5 nitrogen and oxygen atoms in total. The van der Waals surface area contributed by atoms with E-state index < -0.39 is 12.0 Å². The Morgan fingerprint density at radius 3 is 2.91 bits per heavy atom. The van der Waals surface area contributed by atoms with Gasteiger partial charge in [0.2, 0.25) is 0 Å². The minimum absolute atomic E-state index is 0.308. The van der Waals surface area contributed by atoms with Crippen LogP contribution in [-0.2, 0) is 4.79 Å². The molecule has 0 bridgehead atoms. The first-order chi connectivity index (χ1) is 5.22. The van der Waals surface area contributed by atoms with E-state index in [-0.39, 0.29) is 0 Å². The first kappa shape index (κ1) is 9.52. The summed E-state index contributed by atoms with van der Waals surface area (Å²) >= 11 is 0. The molecule has 1 atom stereocenters. The van der Waals surface area contributed by atoms with Crippen molar-refractivity contribution in [1.82, 2.24) is 0 Å². The topological polar surface area (TPSA) is 86.1 Å². The summed E-state index contributed by atoms with van der Waals surface area (Å²) in [6.45, 7) is 3.42. The zero-order chi connectivity index (χ0) is 8.69. The van der Waals surface area contributed by atoms with Crippen LogP contribution in [0, 0.1) is 0 Å². The van der Waals surface area contributed by atoms with Gasteiger partial charge in [-0.3, -0.25) is 4.79 Å². The fourth-order valence-electron chi connectivity index (χ4n) is 0.569. The number of carbonyl (C=O) groups is 1. The maximum absolute atomic E-state index is 10.3. The summed E-state index contributed by atoms with van der Waals surface area (Å²) in [6.07, 6.45) is 2.43. The van der Waals surface area contributed by atoms with Crippen molar-refractivity contribution in [3.05, 3.63) is 23.1 Å². The van der Waals surface area contributed by atoms with Gasteiger partial charge in [0.05, 0.1) is 0 Å². The number of carboxylic acids is 1. The number of rotatable bonds is 5. The minimum Gasteiger partial charge on any atom is -0.481 e. The summed E-state index contributed by atoms with van der Waals surface area (Å²) in [4.78, 5) is 12.7. The molecule has 60 valence electrons. The molecular weight excluding hydrogens is 146 g/mol. The van der Waals surface area contributed by atoms with E-state index in [9.17, 15) is 4.79 Å². The predicted molar refractivity (Wildman–Crippen MR) is 40.0 cm³/mol. The molecule has 0 fully saturated rings. The van der Waals surface area contributed by atoms with Gasteiger partial charge in [-0.15, -0.1) is 6.58 Å². The number of hydrogen-bond donors (Lipinski definition) is 1. The zero-order valence-corrected chi connectivity index (χ0v) is 5.97. The van der Waals surface area contributed by atoms with Crippen molar-refractivity contribution in [3.63, 3.8) is 0 Å². The largest absolute Gasteiger partial charge is 0.481 e. The summed E-state index contributed by atoms with van der Waals surface area (Å²) < 4.78 is 0. The van der Waals surface area contributed by atoms with E-state index in [1.54, 1.807) is 6.08 Å². The van der Waals surface area contributed by atoms with Crippen LogP contribution < -0.4 is 0 Å². The SMILES string of the molecule is C=CCCC(N=[N+]=[N-])C(=O)O. The van der Waals surface area contributed by atoms with Crippen molar-refractivity contribution in [1.29, 1.82) is 0 Å². The molecule has 0 aliphatic heterocycles. The fraction of sp³-hybridized carbons (Fsp3) is 0.500. The van der Waals surface area contributed by atoms with Gasteiger partial charge in [0.15, 0.2) is 0 Å². The standard InChI is InChI=1S/C6H9N3O2/c1-2-3-4-5(6(10)11)8-9-7/h2,5H,1,3-4H2,(H,10,11). The molecule has 1 N–H and O–H groups in total. The molecule has 0 radical (unpaired) electrons. The van der Waals surface area contributed by atoms with Crippen LogP contribution in [0.2, 0.25) is 0 Å². The first-order valence-electron chi connectivity index (χ1n) is 3.10. The van der Waals surface area contributed by atoms with Crippen LogP contribution in [0.5, 0.6) is 0 Å². The Labute approximate surface area is 64.0 Å². The highest BCUT2D eigenvalue weighted by Gasteiger charge is 2.13. The van der Waals surface area contributed by atoms with E-state index in [1.807, 2.05) is 0 Å². The summed E-state index contributed by atoms with van der Waals surface area (Å²) in [6, 6.07) is -0.960. The Bertz CT molecular complexity index is 194. The van der Waals surface area contributed by atoms with Crippen molar-refractivity contribution in [2.45, 2.75) is 18.9 Å². The molecule has 0 saturated heterocycles. The van der Waals surface area contributed by atoms with Gasteiger partial charge in [0, 0.05) is 4.91 Å². The summed E-state index contributed by atoms with van der Waals surface area (Å²) in [5, 5.41) is 11.5. The molecule has 0 aliphatic carbocycles. The quantitative estimate of drug-likeness (QED) is 0.283. The van der Waals surface area contributed by atoms with Crippen molar-refractivity contribution >= 4 is 5.97 Å². The molecular formula is C6H9N3O2. The lowest BCUT2D eigenvalue weighted by Gasteiger charge is -2.00. The fourth-order valence-corrected chi connectivity index (χ4v) is 0.569. The molecule has 0 heterocycles. The van der Waals surface area contributed by atoms with E-state index in [2.05, 4.69) is 16.6 Å². The van der Waals surface area contributed by atoms with E-state index in [1.165, 1.54) is 0 Å². The van der Waals surface area contributed by atoms with Gasteiger partial charge in [-0.1, -0.05) is 11.2 Å². The van der Waals surface area contributed by atoms with Gasteiger partial charge in [-0.2, -0.15) is 0 Å². The third-order valence-corrected chi connectivity index (χ3v) is 1.12. The second-order valence-corrected chi connectivity index (χ2v) is 1.92. The average molecular weight is 155 g/mol. The van der Waals surface area contributed by atoms with E-state index in [0.717, 1.165) is 0 Å². The van der Waals surface area contributed by atoms with Gasteiger partial charge in [-0.25, -0.2) is 0 Å². The Kier molecular flexibility index (Phi) is 4.60. The molecule has 0 rings (SSSR count). The average Bonchev–Trinajstić information content (AvgIpc) is 1.97. The second kappa shape index (κ2) is 5.32. The lowest BCUT2D eigenvalue weighted by Crippen LogP contribution is -2.16. The van der Waals surface area contributed by atoms with Crippen LogP contribution in [0.3, 0.4) is 0 Å². The number of allylic oxidation sites excluding steroid dienone is 1. The van der Waals surface area contributed by atoms with E-state index in [4.69, 9.17) is 10.6 Å². The number of hydrogen-bond acceptors (Lipinski definition) is 2. The summed E-state index contributed by atoms with van der Waals surface area (Å²) in [7, 11) is 0. The highest BCUT2D eigenvalue weighted by Crippen LogP contribution is 2.02. The zero-order valence-electron chi connectivity index (χ0n) is 5.97. The minimum atomic E-state index is -1.09. The van der Waals surface area contributed by atoms with Crippen LogP contribution >= 0.6 is 0 Å². The monoisotopic (exact) mass is 155 g/mol. The second-order valence-electron chi connectivity index (χ2n) is 1.92. The van der Waals surface area contributed by atoms with Gasteiger partial charge in [-0.05, 0) is 18.4 Å². The van der Waals surface area contributed by atoms with Crippen molar-refractivity contribution in [2.24, 2.45) is 5.11 Å². The lowest BCUT2D eigenvalue weighted by atomic mass is 10.2. The maximum atomic E-state index is 10.3. The van der Waals surface area contributed by atoms with Crippen LogP contribution in [0.4, 0.5) is 0 Å². The molecule has 0 aromatic carbocycles. The molecule has 0 amide bonds. The summed E-state index contributed by atoms with van der Waals surface area (Å²) in [5.41, 5.74) is 7.95. The smallest absolute Gasteiger partial charge is 0.312 e. The van der Waals surface area contributed by atoms with Crippen LogP contribution in [0.1, 0.15) is 12.8 Å². The maximum Gasteiger partial charge on any atom is 0.312 e. The Morgan fingerprint density at radius 1 is 1.91 bits per heavy atom. The van der Waals surface area contributed by atoms with Gasteiger partial charge < -0.3 is 5.11 Å². The highest BCUT2D eigenvalue weighted by molar-refractivity contribution is 5.73. The van der Waals surface area contributed by atoms with Crippen molar-refractivity contribution in [3.8, 4) is 0 Å². The van der Waals surface area contributed by atoms with Crippen LogP contribution in [0.15, 0.2) is 17.8 Å². The number of aliphatic carboxylic acids is 1. The van der Waals surface area contributed by atoms with Crippen LogP contribution in [-0.4, -0.2) is 17.1 Å². The lowest BCUT2D eigenvalue weighted by molar-refractivity contribution is -0.138. The number of azide groups is 1. The van der Waals surface area contributed by atoms with Crippen molar-refractivity contribution in [2.75, 3.05) is 0 Å². The Hall–Kier alpha value is -1.48. The normalized spacial score (nSPS) is 11.3. The highest BCUT2D eigenvalue weighted by atomic mass is 16.4. The third kappa shape index (κ3) is 4.00. The summed E-state index contributed by atoms with van der Waals surface area (Å²) in [5.74, 6) is -1.09. The van der Waals surface area contributed by atoms with E-state index in [0.29, 0.717) is 12.8 Å². The molecule has 11 heavy (non-hydrogen) atoms. The molecule has 1 unspecified atom stereocenters. The molecule has 0 aromatic rings. The molecule has 0 saturated carbocycles. The third-order valence-electron chi connectivity index (χ3n) is 1.12. The molecule has 0 spiro atoms. The first-order valence-corrected chi connectivity index (χ1v) is 3.10. The molecule has 5 heteroatoms. The van der Waals surface area contributed by atoms with Crippen LogP contribution in [0.25, 0.3) is 10.4 Å². The molecule has 0 aromatic heterocycles. The number of nitrogens with zero attached hydrogens (tertiary/aromatic N) is 3. The Balaban J connectivity index is 3.99.